The standard InChI is InChI=1S/C20H24N3.3C7H7.Hf/c1-5-17-8-6-7-9-18(17)22-10-11-23(20(22)21)19-15(3)12-14(2)13-16(19)4;3*1-7-5-3-2-4-6-7;/h6-9,12-13H,5,10-11H2,1-4H3;3*2-6H,1H2;/q-1;;;;+1. The van der Waals surface area contributed by atoms with Crippen molar-refractivity contribution in [2.75, 3.05) is 22.9 Å². The molecule has 0 N–H and O–H groups in total. The van der Waals surface area contributed by atoms with Crippen LogP contribution < -0.4 is 9.80 Å². The van der Waals surface area contributed by atoms with E-state index in [9.17, 15) is 0 Å². The Labute approximate surface area is 275 Å². The third kappa shape index (κ3) is 7.23. The van der Waals surface area contributed by atoms with Gasteiger partial charge in [-0.3, -0.25) is 0 Å². The number of anilines is 2. The van der Waals surface area contributed by atoms with E-state index >= 15 is 0 Å². The van der Waals surface area contributed by atoms with Gasteiger partial charge in [-0.25, -0.2) is 0 Å². The van der Waals surface area contributed by atoms with Crippen molar-refractivity contribution in [3.63, 3.8) is 0 Å². The van der Waals surface area contributed by atoms with E-state index < -0.39 is 20.3 Å². The summed E-state index contributed by atoms with van der Waals surface area (Å²) in [5.41, 5.74) is 12.2. The van der Waals surface area contributed by atoms with Crippen molar-refractivity contribution in [1.82, 2.24) is 0 Å². The topological polar surface area (TPSA) is 18.8 Å². The van der Waals surface area contributed by atoms with Gasteiger partial charge in [0.15, 0.2) is 0 Å². The predicted molar refractivity (Wildman–Crippen MR) is 189 cm³/mol. The van der Waals surface area contributed by atoms with Crippen molar-refractivity contribution in [2.24, 2.45) is 2.98 Å². The fourth-order valence-electron chi connectivity index (χ4n) is 7.22. The van der Waals surface area contributed by atoms with Crippen molar-refractivity contribution in [1.29, 1.82) is 0 Å². The number of para-hydroxylation sites is 1. The van der Waals surface area contributed by atoms with Crippen LogP contribution in [0.1, 0.15) is 45.9 Å². The fraction of sp³-hybridized carbons (Fsp3) is 0.244. The molecule has 3 nitrogen and oxygen atoms in total. The van der Waals surface area contributed by atoms with Crippen molar-refractivity contribution in [3.05, 3.63) is 166 Å². The Hall–Kier alpha value is -3.76. The van der Waals surface area contributed by atoms with Crippen LogP contribution in [0, 0.1) is 20.8 Å². The number of hydrogen-bond donors (Lipinski definition) is 0. The first-order chi connectivity index (χ1) is 21.9. The minimum atomic E-state index is -3.75. The van der Waals surface area contributed by atoms with Gasteiger partial charge in [-0.15, -0.1) is 0 Å². The van der Waals surface area contributed by atoms with Gasteiger partial charge in [-0.2, -0.15) is 0 Å². The zero-order chi connectivity index (χ0) is 31.2. The van der Waals surface area contributed by atoms with Gasteiger partial charge in [-0.05, 0) is 0 Å². The second kappa shape index (κ2) is 14.1. The number of aryl methyl sites for hydroxylation is 4. The van der Waals surface area contributed by atoms with Crippen molar-refractivity contribution in [2.45, 2.75) is 46.6 Å². The quantitative estimate of drug-likeness (QED) is 0.132. The number of rotatable bonds is 10. The molecule has 1 aliphatic rings. The van der Waals surface area contributed by atoms with Crippen LogP contribution in [-0.2, 0) is 39.2 Å². The molecule has 1 aliphatic heterocycles. The average molecular weight is 758 g/mol. The molecule has 0 unspecified atom stereocenters. The van der Waals surface area contributed by atoms with E-state index in [1.54, 1.807) is 0 Å². The van der Waals surface area contributed by atoms with Crippen LogP contribution in [0.25, 0.3) is 0 Å². The molecule has 5 aromatic carbocycles. The molecule has 0 spiro atoms. The second-order valence-electron chi connectivity index (χ2n) is 12.7. The average Bonchev–Trinajstić information content (AvgIpc) is 3.44. The summed E-state index contributed by atoms with van der Waals surface area (Å²) in [7, 11) is 0. The van der Waals surface area contributed by atoms with Gasteiger partial charge in [0, 0.05) is 0 Å². The summed E-state index contributed by atoms with van der Waals surface area (Å²) in [4.78, 5) is 5.11. The molecule has 1 fully saturated rings. The zero-order valence-corrected chi connectivity index (χ0v) is 30.8. The second-order valence-corrected chi connectivity index (χ2v) is 26.1. The van der Waals surface area contributed by atoms with E-state index in [0.29, 0.717) is 0 Å². The van der Waals surface area contributed by atoms with Gasteiger partial charge in [-0.1, -0.05) is 0 Å². The molecule has 0 bridgehead atoms. The molecule has 45 heavy (non-hydrogen) atoms. The third-order valence-electron chi connectivity index (χ3n) is 9.06. The maximum absolute atomic E-state index is 6.28. The normalized spacial score (nSPS) is 14.4. The Bertz CT molecular complexity index is 1620. The van der Waals surface area contributed by atoms with E-state index in [1.165, 1.54) is 50.3 Å². The van der Waals surface area contributed by atoms with Crippen molar-refractivity contribution >= 4 is 17.3 Å². The summed E-state index contributed by atoms with van der Waals surface area (Å²) in [6.45, 7) is 10.9. The number of hydrogen-bond acceptors (Lipinski definition) is 1. The molecule has 6 rings (SSSR count). The van der Waals surface area contributed by atoms with E-state index in [4.69, 9.17) is 2.98 Å². The van der Waals surface area contributed by atoms with Crippen LogP contribution in [0.15, 0.2) is 130 Å². The van der Waals surface area contributed by atoms with Crippen LogP contribution in [-0.4, -0.2) is 19.0 Å². The molecule has 5 aromatic rings. The van der Waals surface area contributed by atoms with E-state index in [1.807, 2.05) is 0 Å². The monoisotopic (exact) mass is 759 g/mol. The number of nitrogens with zero attached hydrogens (tertiary/aromatic N) is 3. The van der Waals surface area contributed by atoms with Gasteiger partial charge < -0.3 is 0 Å². The molecule has 0 saturated carbocycles. The summed E-state index contributed by atoms with van der Waals surface area (Å²) in [5, 5.41) is 0. The summed E-state index contributed by atoms with van der Waals surface area (Å²) >= 11 is -3.75. The Balaban J connectivity index is 1.60. The summed E-state index contributed by atoms with van der Waals surface area (Å²) < 4.78 is 9.46. The predicted octanol–water partition coefficient (Wildman–Crippen LogP) is 9.53. The van der Waals surface area contributed by atoms with Gasteiger partial charge in [0.2, 0.25) is 0 Å². The molecular formula is C41H45HfN3. The third-order valence-corrected chi connectivity index (χ3v) is 23.0. The van der Waals surface area contributed by atoms with E-state index in [2.05, 4.69) is 165 Å². The first-order valence-electron chi connectivity index (χ1n) is 16.4. The fourth-order valence-corrected chi connectivity index (χ4v) is 22.5. The Morgan fingerprint density at radius 1 is 0.578 bits per heavy atom. The molecule has 0 aliphatic carbocycles. The van der Waals surface area contributed by atoms with Crippen LogP contribution in [0.5, 0.6) is 0 Å². The first kappa shape index (κ1) is 31.2. The Morgan fingerprint density at radius 2 is 1.02 bits per heavy atom. The molecule has 1 heterocycles. The van der Waals surface area contributed by atoms with E-state index in [-0.39, 0.29) is 0 Å². The summed E-state index contributed by atoms with van der Waals surface area (Å²) in [6, 6.07) is 47.0. The molecular weight excluding hydrogens is 713 g/mol. The maximum atomic E-state index is 6.28. The summed E-state index contributed by atoms with van der Waals surface area (Å²) in [6.07, 6.45) is 0.996. The molecule has 0 atom stereocenters. The van der Waals surface area contributed by atoms with Gasteiger partial charge in [0.05, 0.1) is 0 Å². The van der Waals surface area contributed by atoms with Gasteiger partial charge in [0.25, 0.3) is 0 Å². The first-order valence-corrected chi connectivity index (χ1v) is 25.6. The summed E-state index contributed by atoms with van der Waals surface area (Å²) in [5.74, 6) is 1.15. The minimum absolute atomic E-state index is 0.924. The molecule has 1 saturated heterocycles. The SMILES string of the molecule is CCc1ccccc1N1CCN(c2c(C)cc(C)cc2C)/C1=[N]/[Hf]([CH2]c1ccccc1)([CH2]c1ccccc1)[CH2]c1ccccc1. The van der Waals surface area contributed by atoms with Crippen molar-refractivity contribution in [3.8, 4) is 0 Å². The molecule has 4 heteroatoms. The molecule has 228 valence electrons. The Kier molecular flexibility index (Phi) is 9.80. The van der Waals surface area contributed by atoms with Gasteiger partial charge in [0.1, 0.15) is 0 Å². The molecule has 0 aromatic heterocycles. The van der Waals surface area contributed by atoms with Crippen molar-refractivity contribution < 1.29 is 20.3 Å². The van der Waals surface area contributed by atoms with Crippen LogP contribution in [0.2, 0.25) is 0 Å². The number of benzene rings is 5. The van der Waals surface area contributed by atoms with Crippen LogP contribution in [0.3, 0.4) is 0 Å². The van der Waals surface area contributed by atoms with Gasteiger partial charge >= 0.3 is 276 Å². The molecule has 0 amide bonds. The van der Waals surface area contributed by atoms with Crippen LogP contribution >= 0.6 is 0 Å². The number of guanidine groups is 1. The zero-order valence-electron chi connectivity index (χ0n) is 27.2. The van der Waals surface area contributed by atoms with E-state index in [0.717, 1.165) is 38.0 Å². The van der Waals surface area contributed by atoms with Crippen LogP contribution in [0.4, 0.5) is 11.4 Å². The molecule has 0 radical (unpaired) electrons. The Morgan fingerprint density at radius 3 is 1.51 bits per heavy atom.